The van der Waals surface area contributed by atoms with Gasteiger partial charge in [0.05, 0.1) is 18.2 Å². The molecule has 1 aromatic heterocycles. The molecule has 0 atom stereocenters. The summed E-state index contributed by atoms with van der Waals surface area (Å²) >= 11 is 7.32. The van der Waals surface area contributed by atoms with Gasteiger partial charge in [-0.05, 0) is 28.7 Å². The van der Waals surface area contributed by atoms with Crippen LogP contribution in [0.15, 0.2) is 6.07 Å². The maximum Gasteiger partial charge on any atom is 0.574 e. The molecule has 0 aliphatic heterocycles. The third-order valence-corrected chi connectivity index (χ3v) is 2.82. The minimum atomic E-state index is -4.83. The number of alkyl halides is 4. The number of hydrogen-bond acceptors (Lipinski definition) is 3. The van der Waals surface area contributed by atoms with E-state index in [2.05, 4.69) is 9.72 Å². The fraction of sp³-hybridized carbons (Fsp3) is 0.375. The van der Waals surface area contributed by atoms with E-state index in [4.69, 9.17) is 16.7 Å². The third kappa shape index (κ3) is 3.63. The molecule has 8 heteroatoms. The first-order chi connectivity index (χ1) is 7.37. The fourth-order valence-corrected chi connectivity index (χ4v) is 1.81. The highest BCUT2D eigenvalue weighted by Crippen LogP contribution is 2.28. The van der Waals surface area contributed by atoms with Crippen LogP contribution < -0.4 is 4.74 Å². The summed E-state index contributed by atoms with van der Waals surface area (Å²) in [7, 11) is 0. The summed E-state index contributed by atoms with van der Waals surface area (Å²) in [4.78, 5) is 3.56. The van der Waals surface area contributed by atoms with Gasteiger partial charge in [0.1, 0.15) is 0 Å². The van der Waals surface area contributed by atoms with E-state index in [1.54, 1.807) is 0 Å². The maximum atomic E-state index is 12.0. The van der Waals surface area contributed by atoms with Gasteiger partial charge in [-0.25, -0.2) is 4.98 Å². The zero-order chi connectivity index (χ0) is 12.3. The molecular formula is C8H6ClF3INO2. The number of nitrogens with zero attached hydrogens (tertiary/aromatic N) is 1. The van der Waals surface area contributed by atoms with Gasteiger partial charge in [-0.1, -0.05) is 0 Å². The molecule has 1 aromatic rings. The minimum Gasteiger partial charge on any atom is -0.390 e. The summed E-state index contributed by atoms with van der Waals surface area (Å²) in [6, 6.07) is 1.40. The van der Waals surface area contributed by atoms with Crippen molar-refractivity contribution in [1.82, 2.24) is 4.98 Å². The van der Waals surface area contributed by atoms with Crippen molar-refractivity contribution in [2.75, 3.05) is 0 Å². The van der Waals surface area contributed by atoms with Crippen molar-refractivity contribution in [1.29, 1.82) is 0 Å². The van der Waals surface area contributed by atoms with Crippen LogP contribution in [0.2, 0.25) is 0 Å². The molecule has 0 aliphatic rings. The van der Waals surface area contributed by atoms with Gasteiger partial charge in [0.15, 0.2) is 0 Å². The molecule has 0 aromatic carbocycles. The summed E-state index contributed by atoms with van der Waals surface area (Å²) in [5.74, 6) is -0.771. The lowest BCUT2D eigenvalue weighted by molar-refractivity contribution is -0.276. The van der Waals surface area contributed by atoms with Crippen molar-refractivity contribution in [2.45, 2.75) is 18.8 Å². The molecule has 0 unspecified atom stereocenters. The second-order valence-electron chi connectivity index (χ2n) is 2.72. The Bertz CT molecular complexity index is 386. The second kappa shape index (κ2) is 5.37. The summed E-state index contributed by atoms with van der Waals surface area (Å²) in [6.45, 7) is -0.463. The minimum absolute atomic E-state index is 0.119. The Kier molecular flexibility index (Phi) is 4.62. The predicted octanol–water partition coefficient (Wildman–Crippen LogP) is 2.82. The van der Waals surface area contributed by atoms with Crippen LogP contribution in [0.1, 0.15) is 11.3 Å². The van der Waals surface area contributed by atoms with E-state index in [0.717, 1.165) is 0 Å². The first kappa shape index (κ1) is 13.8. The van der Waals surface area contributed by atoms with Crippen molar-refractivity contribution < 1.29 is 23.0 Å². The van der Waals surface area contributed by atoms with Crippen LogP contribution in [0.4, 0.5) is 13.2 Å². The Hall–Kier alpha value is -0.280. The number of halogens is 5. The SMILES string of the molecule is OCc1nc(OC(F)(F)F)c(CCl)cc1I. The van der Waals surface area contributed by atoms with Crippen LogP contribution in [0, 0.1) is 3.57 Å². The van der Waals surface area contributed by atoms with Crippen molar-refractivity contribution in [3.63, 3.8) is 0 Å². The second-order valence-corrected chi connectivity index (χ2v) is 4.15. The molecule has 1 rings (SSSR count). The molecule has 16 heavy (non-hydrogen) atoms. The van der Waals surface area contributed by atoms with Crippen LogP contribution in [0.3, 0.4) is 0 Å². The van der Waals surface area contributed by atoms with E-state index < -0.39 is 18.8 Å². The highest BCUT2D eigenvalue weighted by molar-refractivity contribution is 14.1. The van der Waals surface area contributed by atoms with Gasteiger partial charge < -0.3 is 9.84 Å². The molecule has 0 saturated carbocycles. The maximum absolute atomic E-state index is 12.0. The summed E-state index contributed by atoms with van der Waals surface area (Å²) < 4.78 is 40.3. The summed E-state index contributed by atoms with van der Waals surface area (Å²) in [5, 5.41) is 8.87. The van der Waals surface area contributed by atoms with E-state index in [1.807, 2.05) is 22.6 Å². The third-order valence-electron chi connectivity index (χ3n) is 1.59. The molecule has 0 spiro atoms. The number of ether oxygens (including phenoxy) is 1. The molecule has 1 N–H and O–H groups in total. The fourth-order valence-electron chi connectivity index (χ4n) is 0.950. The molecular weight excluding hydrogens is 361 g/mol. The van der Waals surface area contributed by atoms with Crippen molar-refractivity contribution in [3.05, 3.63) is 20.9 Å². The zero-order valence-corrected chi connectivity index (χ0v) is 10.6. The van der Waals surface area contributed by atoms with Crippen LogP contribution in [0.5, 0.6) is 5.88 Å². The predicted molar refractivity (Wildman–Crippen MR) is 59.1 cm³/mol. The lowest BCUT2D eigenvalue weighted by atomic mass is 10.2. The van der Waals surface area contributed by atoms with E-state index in [-0.39, 0.29) is 17.1 Å². The van der Waals surface area contributed by atoms with Gasteiger partial charge in [-0.2, -0.15) is 0 Å². The number of aromatic nitrogens is 1. The number of aliphatic hydroxyl groups excluding tert-OH is 1. The van der Waals surface area contributed by atoms with Crippen molar-refractivity contribution >= 4 is 34.2 Å². The smallest absolute Gasteiger partial charge is 0.390 e. The summed E-state index contributed by atoms with van der Waals surface area (Å²) in [6.07, 6.45) is -4.83. The molecule has 0 fully saturated rings. The first-order valence-corrected chi connectivity index (χ1v) is 5.59. The van der Waals surface area contributed by atoms with Gasteiger partial charge >= 0.3 is 6.36 Å². The number of pyridine rings is 1. The van der Waals surface area contributed by atoms with Crippen molar-refractivity contribution in [2.24, 2.45) is 0 Å². The van der Waals surface area contributed by atoms with E-state index in [0.29, 0.717) is 3.57 Å². The first-order valence-electron chi connectivity index (χ1n) is 3.98. The van der Waals surface area contributed by atoms with Gasteiger partial charge in [-0.15, -0.1) is 24.8 Å². The molecule has 0 aliphatic carbocycles. The van der Waals surface area contributed by atoms with Gasteiger partial charge in [-0.3, -0.25) is 0 Å². The number of rotatable bonds is 3. The topological polar surface area (TPSA) is 42.4 Å². The normalized spacial score (nSPS) is 11.6. The molecule has 0 radical (unpaired) electrons. The largest absolute Gasteiger partial charge is 0.574 e. The molecule has 90 valence electrons. The average molecular weight is 367 g/mol. The molecule has 3 nitrogen and oxygen atoms in total. The molecule has 0 amide bonds. The Morgan fingerprint density at radius 3 is 2.56 bits per heavy atom. The molecule has 0 saturated heterocycles. The lowest BCUT2D eigenvalue weighted by Crippen LogP contribution is -2.19. The molecule has 0 bridgehead atoms. The van der Waals surface area contributed by atoms with Gasteiger partial charge in [0.2, 0.25) is 5.88 Å². The lowest BCUT2D eigenvalue weighted by Gasteiger charge is -2.12. The van der Waals surface area contributed by atoms with Crippen LogP contribution in [-0.2, 0) is 12.5 Å². The highest BCUT2D eigenvalue weighted by Gasteiger charge is 2.33. The Morgan fingerprint density at radius 2 is 2.12 bits per heavy atom. The van der Waals surface area contributed by atoms with E-state index >= 15 is 0 Å². The Morgan fingerprint density at radius 1 is 1.50 bits per heavy atom. The van der Waals surface area contributed by atoms with Gasteiger partial charge in [0.25, 0.3) is 0 Å². The van der Waals surface area contributed by atoms with Crippen LogP contribution in [-0.4, -0.2) is 16.5 Å². The Labute approximate surface area is 108 Å². The average Bonchev–Trinajstić information content (AvgIpc) is 2.18. The Balaban J connectivity index is 3.15. The van der Waals surface area contributed by atoms with Crippen LogP contribution >= 0.6 is 34.2 Å². The van der Waals surface area contributed by atoms with Crippen LogP contribution in [0.25, 0.3) is 0 Å². The van der Waals surface area contributed by atoms with E-state index in [9.17, 15) is 13.2 Å². The molecule has 1 heterocycles. The van der Waals surface area contributed by atoms with Gasteiger partial charge in [0, 0.05) is 9.13 Å². The zero-order valence-electron chi connectivity index (χ0n) is 7.68. The highest BCUT2D eigenvalue weighted by atomic mass is 127. The standard InChI is InChI=1S/C8H6ClF3INO2/c9-2-4-1-5(13)6(3-15)14-7(4)16-8(10,11)12/h1,15H,2-3H2. The quantitative estimate of drug-likeness (QED) is 0.660. The number of hydrogen-bond donors (Lipinski definition) is 1. The van der Waals surface area contributed by atoms with E-state index in [1.165, 1.54) is 6.07 Å². The van der Waals surface area contributed by atoms with Crippen molar-refractivity contribution in [3.8, 4) is 5.88 Å². The monoisotopic (exact) mass is 367 g/mol. The number of aliphatic hydroxyl groups is 1. The summed E-state index contributed by atoms with van der Waals surface area (Å²) in [5.41, 5.74) is 0.245.